The molecule has 3 rings (SSSR count). The molecule has 1 unspecified atom stereocenters. The number of hydrogen-bond donors (Lipinski definition) is 2. The molecule has 2 N–H and O–H groups in total. The third-order valence-electron chi connectivity index (χ3n) is 5.25. The molecule has 1 aliphatic heterocycles. The molecule has 0 radical (unpaired) electrons. The van der Waals surface area contributed by atoms with Gasteiger partial charge >= 0.3 is 0 Å². The van der Waals surface area contributed by atoms with E-state index in [1.165, 1.54) is 16.6 Å². The number of nitrogens with zero attached hydrogens (tertiary/aromatic N) is 1. The van der Waals surface area contributed by atoms with Crippen molar-refractivity contribution in [2.24, 2.45) is 0 Å². The number of rotatable bonds is 11. The highest BCUT2D eigenvalue weighted by atomic mass is 32.2. The van der Waals surface area contributed by atoms with Crippen molar-refractivity contribution in [3.05, 3.63) is 59.5 Å². The number of ether oxygens (including phenoxy) is 1. The summed E-state index contributed by atoms with van der Waals surface area (Å²) in [6.45, 7) is 1.61. The van der Waals surface area contributed by atoms with Crippen LogP contribution in [0, 0.1) is 0 Å². The van der Waals surface area contributed by atoms with E-state index >= 15 is 0 Å². The van der Waals surface area contributed by atoms with Crippen LogP contribution in [0.5, 0.6) is 0 Å². The van der Waals surface area contributed by atoms with Crippen molar-refractivity contribution in [2.75, 3.05) is 38.3 Å². The highest BCUT2D eigenvalue weighted by molar-refractivity contribution is 7.98. The zero-order chi connectivity index (χ0) is 23.7. The molecule has 1 fully saturated rings. The molecule has 0 saturated carbocycles. The lowest BCUT2D eigenvalue weighted by Crippen LogP contribution is -2.47. The maximum Gasteiger partial charge on any atom is 0.287 e. The lowest BCUT2D eigenvalue weighted by molar-refractivity contribution is -0.123. The topological polar surface area (TPSA) is 118 Å². The number of furan rings is 1. The summed E-state index contributed by atoms with van der Waals surface area (Å²) in [4.78, 5) is 25.2. The Labute approximate surface area is 198 Å². The summed E-state index contributed by atoms with van der Waals surface area (Å²) < 4.78 is 37.4. The molecule has 2 amide bonds. The summed E-state index contributed by atoms with van der Waals surface area (Å²) in [7, 11) is -3.50. The largest absolute Gasteiger partial charge is 0.459 e. The van der Waals surface area contributed by atoms with Crippen LogP contribution < -0.4 is 10.6 Å². The Morgan fingerprint density at radius 3 is 2.52 bits per heavy atom. The van der Waals surface area contributed by atoms with E-state index in [0.29, 0.717) is 49.6 Å². The van der Waals surface area contributed by atoms with Gasteiger partial charge in [-0.1, -0.05) is 24.3 Å². The monoisotopic (exact) mass is 495 g/mol. The van der Waals surface area contributed by atoms with Gasteiger partial charge in [-0.3, -0.25) is 9.59 Å². The van der Waals surface area contributed by atoms with Crippen LogP contribution in [0.15, 0.2) is 47.1 Å². The van der Waals surface area contributed by atoms with Crippen molar-refractivity contribution in [3.63, 3.8) is 0 Å². The summed E-state index contributed by atoms with van der Waals surface area (Å²) >= 11 is 1.57. The van der Waals surface area contributed by atoms with Gasteiger partial charge in [-0.25, -0.2) is 8.42 Å². The lowest BCUT2D eigenvalue weighted by atomic mass is 10.1. The summed E-state index contributed by atoms with van der Waals surface area (Å²) in [5.74, 6) is -0.126. The molecule has 2 aromatic rings. The summed E-state index contributed by atoms with van der Waals surface area (Å²) in [5.41, 5.74) is 1.34. The molecule has 9 nitrogen and oxygen atoms in total. The van der Waals surface area contributed by atoms with Crippen molar-refractivity contribution in [1.29, 1.82) is 0 Å². The Morgan fingerprint density at radius 1 is 1.12 bits per heavy atom. The first-order valence-electron chi connectivity index (χ1n) is 10.6. The van der Waals surface area contributed by atoms with Gasteiger partial charge in [0.25, 0.3) is 5.91 Å². The Morgan fingerprint density at radius 2 is 1.85 bits per heavy atom. The van der Waals surface area contributed by atoms with Crippen molar-refractivity contribution in [1.82, 2.24) is 14.9 Å². The molecule has 1 atom stereocenters. The summed E-state index contributed by atoms with van der Waals surface area (Å²) in [6, 6.07) is 9.53. The molecule has 33 heavy (non-hydrogen) atoms. The van der Waals surface area contributed by atoms with Gasteiger partial charge in [0.05, 0.1) is 25.2 Å². The van der Waals surface area contributed by atoms with Crippen molar-refractivity contribution < 1.29 is 27.2 Å². The van der Waals surface area contributed by atoms with Crippen molar-refractivity contribution >= 4 is 33.6 Å². The molecule has 1 aromatic carbocycles. The number of benzene rings is 1. The normalized spacial score (nSPS) is 15.7. The molecule has 0 aliphatic carbocycles. The first-order valence-corrected chi connectivity index (χ1v) is 13.6. The van der Waals surface area contributed by atoms with Gasteiger partial charge in [0.1, 0.15) is 6.04 Å². The van der Waals surface area contributed by atoms with Crippen molar-refractivity contribution in [2.45, 2.75) is 24.8 Å². The summed E-state index contributed by atoms with van der Waals surface area (Å²) in [6.07, 6.45) is 3.77. The maximum absolute atomic E-state index is 12.9. The second kappa shape index (κ2) is 12.2. The van der Waals surface area contributed by atoms with Crippen LogP contribution in [-0.4, -0.2) is 68.9 Å². The third kappa shape index (κ3) is 7.32. The van der Waals surface area contributed by atoms with Gasteiger partial charge in [0.15, 0.2) is 5.76 Å². The number of carbonyl (C=O) groups excluding carboxylic acids is 2. The standard InChI is InChI=1S/C22H29N3O6S2/c1-32-14-8-19(24-22(27)20-7-4-11-31-20)21(26)23-15-17-5-2-3-6-18(17)16-33(28,29)25-9-12-30-13-10-25/h2-7,11,19H,8-10,12-16H2,1H3,(H,23,26)(H,24,27). The Bertz CT molecular complexity index is 1020. The Kier molecular flexibility index (Phi) is 9.36. The minimum absolute atomic E-state index is 0.135. The minimum Gasteiger partial charge on any atom is -0.459 e. The molecule has 2 heterocycles. The number of morpholine rings is 1. The van der Waals surface area contributed by atoms with E-state index in [1.54, 1.807) is 42.1 Å². The Hall–Kier alpha value is -2.34. The van der Waals surface area contributed by atoms with E-state index in [4.69, 9.17) is 9.15 Å². The van der Waals surface area contributed by atoms with Crippen molar-refractivity contribution in [3.8, 4) is 0 Å². The number of sulfonamides is 1. The number of nitrogens with one attached hydrogen (secondary N) is 2. The fraction of sp³-hybridized carbons (Fsp3) is 0.455. The van der Waals surface area contributed by atoms with Gasteiger partial charge < -0.3 is 19.8 Å². The fourth-order valence-electron chi connectivity index (χ4n) is 3.43. The highest BCUT2D eigenvalue weighted by Gasteiger charge is 2.26. The van der Waals surface area contributed by atoms with E-state index in [1.807, 2.05) is 6.26 Å². The average Bonchev–Trinajstić information content (AvgIpc) is 3.36. The number of carbonyl (C=O) groups is 2. The van der Waals surface area contributed by atoms with Crippen LogP contribution in [0.3, 0.4) is 0 Å². The van der Waals surface area contributed by atoms with Gasteiger partial charge in [-0.15, -0.1) is 0 Å². The molecule has 0 spiro atoms. The first kappa shape index (κ1) is 25.3. The van der Waals surface area contributed by atoms with Crippen LogP contribution in [0.4, 0.5) is 0 Å². The zero-order valence-electron chi connectivity index (χ0n) is 18.5. The molecule has 11 heteroatoms. The average molecular weight is 496 g/mol. The van der Waals surface area contributed by atoms with E-state index in [0.717, 1.165) is 0 Å². The van der Waals surface area contributed by atoms with Crippen LogP contribution in [0.1, 0.15) is 28.1 Å². The smallest absolute Gasteiger partial charge is 0.287 e. The third-order valence-corrected chi connectivity index (χ3v) is 7.72. The Balaban J connectivity index is 1.64. The SMILES string of the molecule is CSCCC(NC(=O)c1ccco1)C(=O)NCc1ccccc1CS(=O)(=O)N1CCOCC1. The predicted molar refractivity (Wildman–Crippen MR) is 126 cm³/mol. The quantitative estimate of drug-likeness (QED) is 0.486. The van der Waals surface area contributed by atoms with E-state index in [-0.39, 0.29) is 24.0 Å². The van der Waals surface area contributed by atoms with Gasteiger partial charge in [-0.2, -0.15) is 16.1 Å². The van der Waals surface area contributed by atoms with Gasteiger partial charge in [0, 0.05) is 19.6 Å². The van der Waals surface area contributed by atoms with Crippen LogP contribution in [0.2, 0.25) is 0 Å². The zero-order valence-corrected chi connectivity index (χ0v) is 20.1. The van der Waals surface area contributed by atoms with Crippen LogP contribution >= 0.6 is 11.8 Å². The predicted octanol–water partition coefficient (Wildman–Crippen LogP) is 1.61. The minimum atomic E-state index is -3.50. The second-order valence-corrected chi connectivity index (χ2v) is 10.5. The molecule has 1 saturated heterocycles. The molecular weight excluding hydrogens is 466 g/mol. The van der Waals surface area contributed by atoms with E-state index in [2.05, 4.69) is 10.6 Å². The molecule has 0 bridgehead atoms. The fourth-order valence-corrected chi connectivity index (χ4v) is 5.46. The lowest BCUT2D eigenvalue weighted by Gasteiger charge is -2.26. The second-order valence-electron chi connectivity index (χ2n) is 7.54. The van der Waals surface area contributed by atoms with Crippen LogP contribution in [0.25, 0.3) is 0 Å². The number of amides is 2. The number of hydrogen-bond acceptors (Lipinski definition) is 7. The maximum atomic E-state index is 12.9. The van der Waals surface area contributed by atoms with Gasteiger partial charge in [-0.05, 0) is 41.7 Å². The molecule has 180 valence electrons. The first-order chi connectivity index (χ1) is 15.9. The number of thioether (sulfide) groups is 1. The highest BCUT2D eigenvalue weighted by Crippen LogP contribution is 2.17. The molecule has 1 aliphatic rings. The van der Waals surface area contributed by atoms with E-state index < -0.39 is 22.0 Å². The van der Waals surface area contributed by atoms with Gasteiger partial charge in [0.2, 0.25) is 15.9 Å². The molecular formula is C22H29N3O6S2. The summed E-state index contributed by atoms with van der Waals surface area (Å²) in [5, 5.41) is 5.56. The van der Waals surface area contributed by atoms with Crippen LogP contribution in [-0.2, 0) is 31.9 Å². The van der Waals surface area contributed by atoms with E-state index in [9.17, 15) is 18.0 Å². The molecule has 1 aromatic heterocycles.